The van der Waals surface area contributed by atoms with Crippen LogP contribution in [0, 0.1) is 0 Å². The molecule has 2 aromatic rings. The molecular weight excluding hydrogens is 190 g/mol. The Labute approximate surface area is 87.9 Å². The quantitative estimate of drug-likeness (QED) is 0.760. The SMILES string of the molecule is Cn1nc(-c2ccco2)c2c1CCNC2. The average Bonchev–Trinajstić information content (AvgIpc) is 2.87. The molecule has 15 heavy (non-hydrogen) atoms. The van der Waals surface area contributed by atoms with Crippen molar-refractivity contribution in [1.82, 2.24) is 15.1 Å². The van der Waals surface area contributed by atoms with Gasteiger partial charge in [-0.15, -0.1) is 0 Å². The molecule has 0 fully saturated rings. The summed E-state index contributed by atoms with van der Waals surface area (Å²) < 4.78 is 7.36. The lowest BCUT2D eigenvalue weighted by Crippen LogP contribution is -2.24. The van der Waals surface area contributed by atoms with Crippen molar-refractivity contribution in [3.05, 3.63) is 29.7 Å². The van der Waals surface area contributed by atoms with Crippen LogP contribution in [0.3, 0.4) is 0 Å². The van der Waals surface area contributed by atoms with Gasteiger partial charge in [-0.3, -0.25) is 4.68 Å². The molecule has 0 saturated carbocycles. The van der Waals surface area contributed by atoms with Crippen molar-refractivity contribution in [3.8, 4) is 11.5 Å². The predicted molar refractivity (Wildman–Crippen MR) is 56.3 cm³/mol. The third-order valence-electron chi connectivity index (χ3n) is 2.87. The molecule has 1 aliphatic heterocycles. The smallest absolute Gasteiger partial charge is 0.154 e. The molecule has 0 radical (unpaired) electrons. The second-order valence-corrected chi connectivity index (χ2v) is 3.80. The standard InChI is InChI=1S/C11H13N3O/c1-14-9-4-5-12-7-8(9)11(13-14)10-3-2-6-15-10/h2-3,6,12H,4-5,7H2,1H3. The molecular formula is C11H13N3O. The van der Waals surface area contributed by atoms with E-state index in [0.29, 0.717) is 0 Å². The Kier molecular flexibility index (Phi) is 1.89. The molecule has 0 bridgehead atoms. The van der Waals surface area contributed by atoms with Crippen LogP contribution in [0.2, 0.25) is 0 Å². The van der Waals surface area contributed by atoms with E-state index in [4.69, 9.17) is 4.42 Å². The normalized spacial score (nSPS) is 15.3. The minimum absolute atomic E-state index is 0.857. The zero-order chi connectivity index (χ0) is 10.3. The van der Waals surface area contributed by atoms with Gasteiger partial charge in [0, 0.05) is 37.8 Å². The molecule has 0 atom stereocenters. The Balaban J connectivity index is 2.16. The first kappa shape index (κ1) is 8.73. The molecule has 1 N–H and O–H groups in total. The zero-order valence-corrected chi connectivity index (χ0v) is 8.66. The van der Waals surface area contributed by atoms with Crippen molar-refractivity contribution < 1.29 is 4.42 Å². The van der Waals surface area contributed by atoms with Crippen LogP contribution in [0.5, 0.6) is 0 Å². The van der Waals surface area contributed by atoms with E-state index in [1.165, 1.54) is 11.3 Å². The van der Waals surface area contributed by atoms with Crippen LogP contribution in [0.25, 0.3) is 11.5 Å². The minimum Gasteiger partial charge on any atom is -0.463 e. The summed E-state index contributed by atoms with van der Waals surface area (Å²) in [5.41, 5.74) is 3.57. The van der Waals surface area contributed by atoms with Crippen LogP contribution >= 0.6 is 0 Å². The van der Waals surface area contributed by atoms with E-state index in [1.54, 1.807) is 6.26 Å². The van der Waals surface area contributed by atoms with Crippen LogP contribution in [0.15, 0.2) is 22.8 Å². The van der Waals surface area contributed by atoms with Gasteiger partial charge in [0.15, 0.2) is 5.76 Å². The summed E-state index contributed by atoms with van der Waals surface area (Å²) >= 11 is 0. The van der Waals surface area contributed by atoms with Crippen LogP contribution in [0.1, 0.15) is 11.3 Å². The first-order valence-corrected chi connectivity index (χ1v) is 5.15. The van der Waals surface area contributed by atoms with Crippen LogP contribution < -0.4 is 5.32 Å². The highest BCUT2D eigenvalue weighted by atomic mass is 16.3. The number of fused-ring (bicyclic) bond motifs is 1. The summed E-state index contributed by atoms with van der Waals surface area (Å²) in [7, 11) is 2.00. The third-order valence-corrected chi connectivity index (χ3v) is 2.87. The monoisotopic (exact) mass is 203 g/mol. The van der Waals surface area contributed by atoms with E-state index in [2.05, 4.69) is 10.4 Å². The molecule has 3 heterocycles. The van der Waals surface area contributed by atoms with Crippen LogP contribution in [-0.2, 0) is 20.0 Å². The van der Waals surface area contributed by atoms with Gasteiger partial charge in [-0.2, -0.15) is 5.10 Å². The molecule has 0 aliphatic carbocycles. The van der Waals surface area contributed by atoms with Gasteiger partial charge in [-0.05, 0) is 12.1 Å². The Morgan fingerprint density at radius 1 is 1.53 bits per heavy atom. The molecule has 1 aliphatic rings. The topological polar surface area (TPSA) is 43.0 Å². The third kappa shape index (κ3) is 1.29. The van der Waals surface area contributed by atoms with Crippen molar-refractivity contribution in [1.29, 1.82) is 0 Å². The van der Waals surface area contributed by atoms with Gasteiger partial charge in [0.1, 0.15) is 5.69 Å². The largest absolute Gasteiger partial charge is 0.463 e. The van der Waals surface area contributed by atoms with Crippen LogP contribution in [0.4, 0.5) is 0 Å². The second-order valence-electron chi connectivity index (χ2n) is 3.80. The number of hydrogen-bond donors (Lipinski definition) is 1. The van der Waals surface area contributed by atoms with Gasteiger partial charge in [0.05, 0.1) is 6.26 Å². The first-order chi connectivity index (χ1) is 7.36. The summed E-state index contributed by atoms with van der Waals surface area (Å²) in [6.45, 7) is 1.92. The number of hydrogen-bond acceptors (Lipinski definition) is 3. The van der Waals surface area contributed by atoms with E-state index in [1.807, 2.05) is 23.9 Å². The van der Waals surface area contributed by atoms with Crippen molar-refractivity contribution in [2.45, 2.75) is 13.0 Å². The highest BCUT2D eigenvalue weighted by Gasteiger charge is 2.21. The highest BCUT2D eigenvalue weighted by molar-refractivity contribution is 5.58. The van der Waals surface area contributed by atoms with E-state index >= 15 is 0 Å². The fraction of sp³-hybridized carbons (Fsp3) is 0.364. The summed E-state index contributed by atoms with van der Waals surface area (Å²) in [6, 6.07) is 3.85. The molecule has 0 saturated heterocycles. The fourth-order valence-corrected chi connectivity index (χ4v) is 2.13. The Morgan fingerprint density at radius 2 is 2.47 bits per heavy atom. The maximum absolute atomic E-state index is 5.40. The fourth-order valence-electron chi connectivity index (χ4n) is 2.13. The summed E-state index contributed by atoms with van der Waals surface area (Å²) in [6.07, 6.45) is 2.73. The Bertz CT molecular complexity index is 470. The van der Waals surface area contributed by atoms with Crippen molar-refractivity contribution in [2.24, 2.45) is 7.05 Å². The summed E-state index contributed by atoms with van der Waals surface area (Å²) in [4.78, 5) is 0. The van der Waals surface area contributed by atoms with E-state index < -0.39 is 0 Å². The molecule has 4 nitrogen and oxygen atoms in total. The van der Waals surface area contributed by atoms with E-state index in [-0.39, 0.29) is 0 Å². The van der Waals surface area contributed by atoms with Gasteiger partial charge < -0.3 is 9.73 Å². The number of nitrogens with zero attached hydrogens (tertiary/aromatic N) is 2. The van der Waals surface area contributed by atoms with Gasteiger partial charge in [0.25, 0.3) is 0 Å². The molecule has 4 heteroatoms. The van der Waals surface area contributed by atoms with E-state index in [9.17, 15) is 0 Å². The number of furan rings is 1. The minimum atomic E-state index is 0.857. The maximum Gasteiger partial charge on any atom is 0.154 e. The highest BCUT2D eigenvalue weighted by Crippen LogP contribution is 2.27. The number of aromatic nitrogens is 2. The number of nitrogens with one attached hydrogen (secondary N) is 1. The second kappa shape index (κ2) is 3.24. The van der Waals surface area contributed by atoms with E-state index in [0.717, 1.165) is 31.0 Å². The number of aryl methyl sites for hydroxylation is 1. The maximum atomic E-state index is 5.40. The predicted octanol–water partition coefficient (Wildman–Crippen LogP) is 1.33. The average molecular weight is 203 g/mol. The molecule has 0 unspecified atom stereocenters. The molecule has 0 amide bonds. The lowest BCUT2D eigenvalue weighted by Gasteiger charge is -2.13. The molecule has 2 aromatic heterocycles. The Morgan fingerprint density at radius 3 is 3.27 bits per heavy atom. The van der Waals surface area contributed by atoms with Gasteiger partial charge >= 0.3 is 0 Å². The van der Waals surface area contributed by atoms with Crippen molar-refractivity contribution >= 4 is 0 Å². The molecule has 3 rings (SSSR count). The Hall–Kier alpha value is -1.55. The lowest BCUT2D eigenvalue weighted by molar-refractivity contribution is 0.577. The summed E-state index contributed by atoms with van der Waals surface area (Å²) in [5.74, 6) is 0.857. The van der Waals surface area contributed by atoms with Crippen molar-refractivity contribution in [3.63, 3.8) is 0 Å². The lowest BCUT2D eigenvalue weighted by atomic mass is 10.1. The van der Waals surface area contributed by atoms with Crippen LogP contribution in [-0.4, -0.2) is 16.3 Å². The summed E-state index contributed by atoms with van der Waals surface area (Å²) in [5, 5.41) is 7.88. The van der Waals surface area contributed by atoms with Crippen molar-refractivity contribution in [2.75, 3.05) is 6.54 Å². The first-order valence-electron chi connectivity index (χ1n) is 5.15. The zero-order valence-electron chi connectivity index (χ0n) is 8.66. The molecule has 0 spiro atoms. The number of rotatable bonds is 1. The van der Waals surface area contributed by atoms with Gasteiger partial charge in [-0.1, -0.05) is 0 Å². The molecule has 78 valence electrons. The molecule has 0 aromatic carbocycles. The van der Waals surface area contributed by atoms with Gasteiger partial charge in [-0.25, -0.2) is 0 Å². The van der Waals surface area contributed by atoms with Gasteiger partial charge in [0.2, 0.25) is 0 Å².